The monoisotopic (exact) mass is 639 g/mol. The van der Waals surface area contributed by atoms with Crippen LogP contribution in [-0.2, 0) is 4.79 Å². The van der Waals surface area contributed by atoms with Crippen molar-refractivity contribution >= 4 is 5.91 Å². The summed E-state index contributed by atoms with van der Waals surface area (Å²) in [6, 6.07) is 15.3. The fourth-order valence-electron chi connectivity index (χ4n) is 3.62. The van der Waals surface area contributed by atoms with Gasteiger partial charge in [-0.05, 0) is 17.5 Å². The van der Waals surface area contributed by atoms with Crippen LogP contribution < -0.4 is 5.32 Å². The molecule has 0 heterocycles. The molecule has 0 saturated heterocycles. The summed E-state index contributed by atoms with van der Waals surface area (Å²) in [5.41, 5.74) is 0.926. The number of carbonyl (C=O) groups excluding carboxylic acids is 1. The SMILES string of the molecule is O=C(NCCC(c1ccccc1)c1ccccc1)C(F)(F)C(F)(F)C(F)(F)C(F)(F)C(F)(F)C(F)(F)C(F)(F)C(F)F. The van der Waals surface area contributed by atoms with Crippen molar-refractivity contribution in [3.8, 4) is 0 Å². The quantitative estimate of drug-likeness (QED) is 0.221. The predicted octanol–water partition coefficient (Wildman–Crippen LogP) is 8.04. The Labute approximate surface area is 225 Å². The molecule has 0 aliphatic heterocycles. The number of nitrogens with one attached hydrogen (secondary N) is 1. The third-order valence-corrected chi connectivity index (χ3v) is 6.07. The van der Waals surface area contributed by atoms with Gasteiger partial charge in [-0.25, -0.2) is 8.78 Å². The van der Waals surface area contributed by atoms with Crippen molar-refractivity contribution < 1.29 is 75.0 Å². The van der Waals surface area contributed by atoms with Crippen LogP contribution in [0.25, 0.3) is 0 Å². The zero-order valence-electron chi connectivity index (χ0n) is 20.3. The number of amides is 1. The number of benzene rings is 2. The Hall–Kier alpha value is -3.21. The van der Waals surface area contributed by atoms with E-state index in [4.69, 9.17) is 0 Å². The topological polar surface area (TPSA) is 29.1 Å². The fourth-order valence-corrected chi connectivity index (χ4v) is 3.62. The van der Waals surface area contributed by atoms with E-state index in [1.165, 1.54) is 48.5 Å². The summed E-state index contributed by atoms with van der Waals surface area (Å²) in [6.07, 6.45) is -6.35. The standard InChI is InChI=1S/C24H17F16NO/c25-16(26)18(27,28)20(31,32)22(35,36)24(39,40)23(37,38)21(33,34)19(29,30)17(42)41-12-11-15(13-7-3-1-4-8-13)14-9-5-2-6-10-14/h1-10,15-16H,11-12H2,(H,41,42). The number of rotatable bonds is 13. The lowest BCUT2D eigenvalue weighted by atomic mass is 9.88. The lowest BCUT2D eigenvalue weighted by Gasteiger charge is -2.42. The molecule has 1 amide bonds. The molecule has 0 fully saturated rings. The summed E-state index contributed by atoms with van der Waals surface area (Å²) >= 11 is 0. The van der Waals surface area contributed by atoms with Crippen molar-refractivity contribution in [1.29, 1.82) is 0 Å². The van der Waals surface area contributed by atoms with Gasteiger partial charge in [0.2, 0.25) is 0 Å². The lowest BCUT2D eigenvalue weighted by molar-refractivity contribution is -0.443. The number of alkyl halides is 16. The van der Waals surface area contributed by atoms with Crippen LogP contribution >= 0.6 is 0 Å². The Kier molecular flexibility index (Phi) is 9.55. The predicted molar refractivity (Wildman–Crippen MR) is 113 cm³/mol. The molecule has 1 N–H and O–H groups in total. The molecule has 0 radical (unpaired) electrons. The van der Waals surface area contributed by atoms with Gasteiger partial charge in [0.1, 0.15) is 0 Å². The third kappa shape index (κ3) is 5.47. The summed E-state index contributed by atoms with van der Waals surface area (Å²) in [6.45, 7) is -1.06. The van der Waals surface area contributed by atoms with Gasteiger partial charge in [-0.2, -0.15) is 61.5 Å². The maximum absolute atomic E-state index is 14.2. The van der Waals surface area contributed by atoms with E-state index >= 15 is 0 Å². The van der Waals surface area contributed by atoms with Gasteiger partial charge < -0.3 is 5.32 Å². The average molecular weight is 639 g/mol. The first kappa shape index (κ1) is 35.0. The Morgan fingerprint density at radius 1 is 0.571 bits per heavy atom. The van der Waals surface area contributed by atoms with E-state index in [0.29, 0.717) is 11.1 Å². The van der Waals surface area contributed by atoms with Gasteiger partial charge in [0, 0.05) is 12.5 Å². The first-order valence-corrected chi connectivity index (χ1v) is 11.2. The van der Waals surface area contributed by atoms with Crippen molar-refractivity contribution in [2.45, 2.75) is 60.2 Å². The van der Waals surface area contributed by atoms with Gasteiger partial charge in [-0.3, -0.25) is 4.79 Å². The van der Waals surface area contributed by atoms with Crippen LogP contribution in [0.2, 0.25) is 0 Å². The molecule has 236 valence electrons. The van der Waals surface area contributed by atoms with Crippen LogP contribution in [-0.4, -0.2) is 60.3 Å². The summed E-state index contributed by atoms with van der Waals surface area (Å²) < 4.78 is 216. The molecule has 2 aromatic carbocycles. The van der Waals surface area contributed by atoms with E-state index in [1.54, 1.807) is 12.1 Å². The number of hydrogen-bond acceptors (Lipinski definition) is 1. The molecule has 0 aliphatic carbocycles. The van der Waals surface area contributed by atoms with Crippen LogP contribution in [0.1, 0.15) is 23.5 Å². The summed E-state index contributed by atoms with van der Waals surface area (Å²) in [7, 11) is 0. The van der Waals surface area contributed by atoms with E-state index in [0.717, 1.165) is 5.32 Å². The summed E-state index contributed by atoms with van der Waals surface area (Å²) in [5.74, 6) is -60.4. The second kappa shape index (κ2) is 11.5. The van der Waals surface area contributed by atoms with Gasteiger partial charge in [0.15, 0.2) is 0 Å². The van der Waals surface area contributed by atoms with Crippen molar-refractivity contribution in [3.63, 3.8) is 0 Å². The van der Waals surface area contributed by atoms with E-state index in [1.807, 2.05) is 0 Å². The highest BCUT2D eigenvalue weighted by atomic mass is 19.4. The van der Waals surface area contributed by atoms with Gasteiger partial charge in [0.05, 0.1) is 0 Å². The highest BCUT2D eigenvalue weighted by Crippen LogP contribution is 2.62. The maximum Gasteiger partial charge on any atom is 0.392 e. The Morgan fingerprint density at radius 3 is 1.31 bits per heavy atom. The molecule has 2 nitrogen and oxygen atoms in total. The molecular formula is C24H17F16NO. The Morgan fingerprint density at radius 2 is 0.929 bits per heavy atom. The largest absolute Gasteiger partial charge is 0.392 e. The van der Waals surface area contributed by atoms with Gasteiger partial charge in [-0.15, -0.1) is 0 Å². The van der Waals surface area contributed by atoms with E-state index < -0.39 is 72.7 Å². The Bertz CT molecular complexity index is 1160. The molecule has 0 atom stereocenters. The van der Waals surface area contributed by atoms with E-state index in [-0.39, 0.29) is 0 Å². The summed E-state index contributed by atoms with van der Waals surface area (Å²) in [5, 5.41) is 1.03. The minimum Gasteiger partial charge on any atom is -0.351 e. The molecule has 0 aliphatic rings. The van der Waals surface area contributed by atoms with Crippen LogP contribution in [0.5, 0.6) is 0 Å². The normalized spacial score (nSPS) is 14.4. The maximum atomic E-state index is 14.2. The lowest BCUT2D eigenvalue weighted by Crippen LogP contribution is -2.74. The van der Waals surface area contributed by atoms with Crippen LogP contribution in [0.15, 0.2) is 60.7 Å². The molecule has 2 aromatic rings. The first-order valence-electron chi connectivity index (χ1n) is 11.2. The van der Waals surface area contributed by atoms with E-state index in [2.05, 4.69) is 0 Å². The highest BCUT2D eigenvalue weighted by Gasteiger charge is 2.94. The van der Waals surface area contributed by atoms with Gasteiger partial charge in [-0.1, -0.05) is 60.7 Å². The smallest absolute Gasteiger partial charge is 0.351 e. The van der Waals surface area contributed by atoms with Crippen molar-refractivity contribution in [1.82, 2.24) is 5.32 Å². The number of carbonyl (C=O) groups is 1. The number of hydrogen-bond donors (Lipinski definition) is 1. The average Bonchev–Trinajstić information content (AvgIpc) is 2.91. The second-order valence-electron chi connectivity index (χ2n) is 8.79. The van der Waals surface area contributed by atoms with Crippen LogP contribution in [0.3, 0.4) is 0 Å². The molecule has 0 bridgehead atoms. The first-order chi connectivity index (χ1) is 18.9. The zero-order valence-corrected chi connectivity index (χ0v) is 20.3. The van der Waals surface area contributed by atoms with Crippen molar-refractivity contribution in [2.75, 3.05) is 6.54 Å². The molecule has 0 spiro atoms. The van der Waals surface area contributed by atoms with Crippen molar-refractivity contribution in [2.24, 2.45) is 0 Å². The van der Waals surface area contributed by atoms with Crippen molar-refractivity contribution in [3.05, 3.63) is 71.8 Å². The van der Waals surface area contributed by atoms with Crippen LogP contribution in [0, 0.1) is 0 Å². The van der Waals surface area contributed by atoms with E-state index in [9.17, 15) is 75.0 Å². The van der Waals surface area contributed by atoms with Gasteiger partial charge in [0.25, 0.3) is 5.91 Å². The van der Waals surface area contributed by atoms with Gasteiger partial charge >= 0.3 is 47.9 Å². The molecule has 18 heteroatoms. The molecule has 0 unspecified atom stereocenters. The minimum atomic E-state index is -8.55. The second-order valence-corrected chi connectivity index (χ2v) is 8.79. The molecular weight excluding hydrogens is 622 g/mol. The third-order valence-electron chi connectivity index (χ3n) is 6.07. The minimum absolute atomic E-state index is 0.430. The zero-order chi connectivity index (χ0) is 32.6. The highest BCUT2D eigenvalue weighted by molar-refractivity contribution is 5.84. The van der Waals surface area contributed by atoms with Crippen LogP contribution in [0.4, 0.5) is 70.2 Å². The number of halogens is 16. The molecule has 2 rings (SSSR count). The Balaban J connectivity index is 2.35. The molecule has 0 aromatic heterocycles. The molecule has 42 heavy (non-hydrogen) atoms. The molecule has 0 saturated carbocycles. The fraction of sp³-hybridized carbons (Fsp3) is 0.458. The summed E-state index contributed by atoms with van der Waals surface area (Å²) in [4.78, 5) is 11.8.